The number of thioether (sulfide) groups is 1. The van der Waals surface area contributed by atoms with Crippen LogP contribution in [0.15, 0.2) is 12.1 Å². The van der Waals surface area contributed by atoms with Crippen molar-refractivity contribution in [3.05, 3.63) is 23.5 Å². The summed E-state index contributed by atoms with van der Waals surface area (Å²) in [7, 11) is 0. The molecule has 0 aliphatic heterocycles. The van der Waals surface area contributed by atoms with Crippen LogP contribution in [0.5, 0.6) is 5.75 Å². The van der Waals surface area contributed by atoms with Gasteiger partial charge in [0.2, 0.25) is 0 Å². The average Bonchev–Trinajstić information content (AvgIpc) is 2.30. The lowest BCUT2D eigenvalue weighted by atomic mass is 10.3. The second-order valence-corrected chi connectivity index (χ2v) is 5.38. The molecule has 0 saturated carbocycles. The molecule has 0 saturated heterocycles. The van der Waals surface area contributed by atoms with Gasteiger partial charge in [-0.15, -0.1) is 0 Å². The van der Waals surface area contributed by atoms with E-state index >= 15 is 0 Å². The molecule has 0 N–H and O–H groups in total. The van der Waals surface area contributed by atoms with E-state index in [0.29, 0.717) is 0 Å². The van der Waals surface area contributed by atoms with Gasteiger partial charge in [-0.25, -0.2) is 0 Å². The van der Waals surface area contributed by atoms with Crippen LogP contribution >= 0.6 is 27.7 Å². The lowest BCUT2D eigenvalue weighted by Gasteiger charge is -2.09. The molecule has 4 heteroatoms. The Morgan fingerprint density at radius 3 is 2.94 bits per heavy atom. The van der Waals surface area contributed by atoms with Gasteiger partial charge in [-0.1, -0.05) is 22.9 Å². The Bertz CT molecular complexity index is 320. The Kier molecular flexibility index (Phi) is 6.88. The molecule has 0 radical (unpaired) electrons. The maximum Gasteiger partial charge on any atom is 0.141 e. The number of aromatic nitrogens is 1. The maximum absolute atomic E-state index is 5.72. The van der Waals surface area contributed by atoms with E-state index in [2.05, 4.69) is 27.8 Å². The Balaban J connectivity index is 2.41. The van der Waals surface area contributed by atoms with Crippen LogP contribution in [0.4, 0.5) is 0 Å². The van der Waals surface area contributed by atoms with Gasteiger partial charge >= 0.3 is 0 Å². The molecular weight excluding hydrogens is 286 g/mol. The summed E-state index contributed by atoms with van der Waals surface area (Å²) in [6, 6.07) is 3.99. The molecule has 0 aromatic carbocycles. The molecular formula is C12H18BrNOS. The van der Waals surface area contributed by atoms with Gasteiger partial charge in [0, 0.05) is 11.0 Å². The summed E-state index contributed by atoms with van der Waals surface area (Å²) in [6.45, 7) is 4.95. The number of pyridine rings is 1. The van der Waals surface area contributed by atoms with Crippen LogP contribution in [-0.2, 0) is 5.33 Å². The van der Waals surface area contributed by atoms with Crippen LogP contribution in [0.1, 0.15) is 24.7 Å². The van der Waals surface area contributed by atoms with Crippen molar-refractivity contribution in [1.29, 1.82) is 0 Å². The number of nitrogens with zero attached hydrogens (tertiary/aromatic N) is 1. The number of hydrogen-bond donors (Lipinski definition) is 0. The van der Waals surface area contributed by atoms with Crippen molar-refractivity contribution >= 4 is 27.7 Å². The number of aryl methyl sites for hydroxylation is 1. The molecule has 0 amide bonds. The van der Waals surface area contributed by atoms with Crippen LogP contribution in [-0.4, -0.2) is 23.1 Å². The number of rotatable bonds is 7. The quantitative estimate of drug-likeness (QED) is 0.565. The topological polar surface area (TPSA) is 22.1 Å². The van der Waals surface area contributed by atoms with Crippen LogP contribution in [0.2, 0.25) is 0 Å². The van der Waals surface area contributed by atoms with Gasteiger partial charge in [-0.05, 0) is 37.0 Å². The first-order valence-corrected chi connectivity index (χ1v) is 7.78. The Morgan fingerprint density at radius 1 is 1.44 bits per heavy atom. The molecule has 0 aliphatic rings. The van der Waals surface area contributed by atoms with E-state index in [0.717, 1.165) is 35.5 Å². The summed E-state index contributed by atoms with van der Waals surface area (Å²) in [4.78, 5) is 4.43. The van der Waals surface area contributed by atoms with E-state index in [1.54, 1.807) is 0 Å². The van der Waals surface area contributed by atoms with Crippen LogP contribution in [0, 0.1) is 6.92 Å². The third-order valence-electron chi connectivity index (χ3n) is 2.09. The Morgan fingerprint density at radius 2 is 2.25 bits per heavy atom. The predicted molar refractivity (Wildman–Crippen MR) is 74.7 cm³/mol. The first kappa shape index (κ1) is 13.8. The molecule has 0 unspecified atom stereocenters. The van der Waals surface area contributed by atoms with Crippen molar-refractivity contribution in [2.75, 3.05) is 18.1 Å². The minimum atomic E-state index is 0.744. The van der Waals surface area contributed by atoms with Gasteiger partial charge in [-0.3, -0.25) is 4.98 Å². The lowest BCUT2D eigenvalue weighted by Crippen LogP contribution is -2.02. The number of ether oxygens (including phenoxy) is 1. The zero-order chi connectivity index (χ0) is 11.8. The third kappa shape index (κ3) is 4.74. The van der Waals surface area contributed by atoms with Gasteiger partial charge in [0.05, 0.1) is 12.3 Å². The fraction of sp³-hybridized carbons (Fsp3) is 0.583. The zero-order valence-corrected chi connectivity index (χ0v) is 12.2. The molecule has 1 aromatic rings. The molecule has 0 fully saturated rings. The summed E-state index contributed by atoms with van der Waals surface area (Å²) in [5, 5.41) is 0.744. The number of alkyl halides is 1. The highest BCUT2D eigenvalue weighted by atomic mass is 79.9. The summed E-state index contributed by atoms with van der Waals surface area (Å²) >= 11 is 5.38. The molecule has 0 spiro atoms. The predicted octanol–water partition coefficient (Wildman–Crippen LogP) is 3.81. The molecule has 2 nitrogen and oxygen atoms in total. The maximum atomic E-state index is 5.72. The van der Waals surface area contributed by atoms with E-state index < -0.39 is 0 Å². The molecule has 90 valence electrons. The van der Waals surface area contributed by atoms with Crippen LogP contribution in [0.25, 0.3) is 0 Å². The smallest absolute Gasteiger partial charge is 0.141 e. The van der Waals surface area contributed by atoms with Crippen molar-refractivity contribution in [3.8, 4) is 5.75 Å². The highest BCUT2D eigenvalue weighted by molar-refractivity contribution is 9.08. The fourth-order valence-corrected chi connectivity index (χ4v) is 2.32. The zero-order valence-electron chi connectivity index (χ0n) is 9.83. The van der Waals surface area contributed by atoms with Gasteiger partial charge in [0.25, 0.3) is 0 Å². The largest absolute Gasteiger partial charge is 0.492 e. The standard InChI is InChI=1S/C12H18BrNOS/c1-3-16-8-4-7-15-12-6-5-10(2)14-11(12)9-13/h5-6H,3-4,7-9H2,1-2H3. The molecule has 0 aliphatic carbocycles. The fourth-order valence-electron chi connectivity index (χ4n) is 1.31. The van der Waals surface area contributed by atoms with E-state index in [1.165, 1.54) is 11.5 Å². The van der Waals surface area contributed by atoms with E-state index in [4.69, 9.17) is 4.74 Å². The second kappa shape index (κ2) is 7.96. The highest BCUT2D eigenvalue weighted by Gasteiger charge is 2.04. The Hall–Kier alpha value is -0.220. The normalized spacial score (nSPS) is 10.4. The third-order valence-corrected chi connectivity index (χ3v) is 3.61. The molecule has 0 atom stereocenters. The molecule has 16 heavy (non-hydrogen) atoms. The highest BCUT2D eigenvalue weighted by Crippen LogP contribution is 2.19. The minimum Gasteiger partial charge on any atom is -0.492 e. The number of halogens is 1. The van der Waals surface area contributed by atoms with Crippen molar-refractivity contribution in [2.45, 2.75) is 25.6 Å². The van der Waals surface area contributed by atoms with Crippen molar-refractivity contribution in [1.82, 2.24) is 4.98 Å². The van der Waals surface area contributed by atoms with Gasteiger partial charge < -0.3 is 4.74 Å². The summed E-state index contributed by atoms with van der Waals surface area (Å²) < 4.78 is 5.72. The van der Waals surface area contributed by atoms with Gasteiger partial charge in [0.1, 0.15) is 5.75 Å². The first-order valence-electron chi connectivity index (χ1n) is 5.51. The monoisotopic (exact) mass is 303 g/mol. The van der Waals surface area contributed by atoms with Crippen molar-refractivity contribution in [3.63, 3.8) is 0 Å². The molecule has 1 heterocycles. The minimum absolute atomic E-state index is 0.744. The molecule has 0 bridgehead atoms. The lowest BCUT2D eigenvalue weighted by molar-refractivity contribution is 0.314. The summed E-state index contributed by atoms with van der Waals surface area (Å²) in [6.07, 6.45) is 1.09. The SMILES string of the molecule is CCSCCCOc1ccc(C)nc1CBr. The summed E-state index contributed by atoms with van der Waals surface area (Å²) in [5.74, 6) is 3.25. The van der Waals surface area contributed by atoms with Gasteiger partial charge in [0.15, 0.2) is 0 Å². The van der Waals surface area contributed by atoms with E-state index in [9.17, 15) is 0 Å². The summed E-state index contributed by atoms with van der Waals surface area (Å²) in [5.41, 5.74) is 2.02. The van der Waals surface area contributed by atoms with E-state index in [1.807, 2.05) is 30.8 Å². The molecule has 1 rings (SSSR count). The first-order chi connectivity index (χ1) is 7.77. The van der Waals surface area contributed by atoms with Crippen LogP contribution < -0.4 is 4.74 Å². The second-order valence-electron chi connectivity index (χ2n) is 3.43. The Labute approximate surface area is 110 Å². The van der Waals surface area contributed by atoms with Crippen molar-refractivity contribution < 1.29 is 4.74 Å². The van der Waals surface area contributed by atoms with Gasteiger partial charge in [-0.2, -0.15) is 11.8 Å². The van der Waals surface area contributed by atoms with Crippen molar-refractivity contribution in [2.24, 2.45) is 0 Å². The van der Waals surface area contributed by atoms with E-state index in [-0.39, 0.29) is 0 Å². The average molecular weight is 304 g/mol. The molecule has 1 aromatic heterocycles. The van der Waals surface area contributed by atoms with Crippen LogP contribution in [0.3, 0.4) is 0 Å². The number of hydrogen-bond acceptors (Lipinski definition) is 3.